The molecule has 0 aliphatic carbocycles. The summed E-state index contributed by atoms with van der Waals surface area (Å²) in [6.45, 7) is 0. The van der Waals surface area contributed by atoms with Gasteiger partial charge in [-0.2, -0.15) is 0 Å². The van der Waals surface area contributed by atoms with Gasteiger partial charge in [-0.3, -0.25) is 0 Å². The van der Waals surface area contributed by atoms with Crippen molar-refractivity contribution >= 4 is 11.4 Å². The highest BCUT2D eigenvalue weighted by atomic mass is 19.1. The van der Waals surface area contributed by atoms with Crippen molar-refractivity contribution in [3.8, 4) is 17.1 Å². The van der Waals surface area contributed by atoms with E-state index in [4.69, 9.17) is 16.2 Å². The minimum atomic E-state index is -0.390. The summed E-state index contributed by atoms with van der Waals surface area (Å²) in [6.07, 6.45) is 0. The van der Waals surface area contributed by atoms with Gasteiger partial charge in [0.15, 0.2) is 0 Å². The number of ether oxygens (including phenoxy) is 1. The fourth-order valence-corrected chi connectivity index (χ4v) is 1.56. The first-order valence-corrected chi connectivity index (χ1v) is 4.98. The number of pyridine rings is 1. The molecule has 0 fully saturated rings. The van der Waals surface area contributed by atoms with Crippen LogP contribution in [0.3, 0.4) is 0 Å². The van der Waals surface area contributed by atoms with Crippen molar-refractivity contribution in [2.75, 3.05) is 18.6 Å². The van der Waals surface area contributed by atoms with Crippen molar-refractivity contribution in [1.29, 1.82) is 0 Å². The van der Waals surface area contributed by atoms with E-state index in [1.807, 2.05) is 0 Å². The second-order valence-electron chi connectivity index (χ2n) is 3.50. The molecule has 88 valence electrons. The predicted octanol–water partition coefficient (Wildman–Crippen LogP) is 2.06. The second-order valence-corrected chi connectivity index (χ2v) is 3.50. The minimum Gasteiger partial charge on any atom is -0.480 e. The number of hydrogen-bond donors (Lipinski definition) is 2. The number of aromatic nitrogens is 1. The van der Waals surface area contributed by atoms with Crippen LogP contribution in [0.25, 0.3) is 11.3 Å². The van der Waals surface area contributed by atoms with E-state index in [0.717, 1.165) is 0 Å². The number of hydrogen-bond acceptors (Lipinski definition) is 4. The smallest absolute Gasteiger partial charge is 0.237 e. The molecule has 4 N–H and O–H groups in total. The van der Waals surface area contributed by atoms with Gasteiger partial charge in [-0.1, -0.05) is 12.1 Å². The van der Waals surface area contributed by atoms with E-state index in [1.54, 1.807) is 18.2 Å². The molecule has 0 spiro atoms. The van der Waals surface area contributed by atoms with Crippen LogP contribution in [-0.4, -0.2) is 12.1 Å². The second kappa shape index (κ2) is 4.29. The Morgan fingerprint density at radius 2 is 1.88 bits per heavy atom. The Hall–Kier alpha value is -2.30. The van der Waals surface area contributed by atoms with Crippen LogP contribution in [0.2, 0.25) is 0 Å². The van der Waals surface area contributed by atoms with Gasteiger partial charge in [0.2, 0.25) is 5.88 Å². The van der Waals surface area contributed by atoms with Gasteiger partial charge >= 0.3 is 0 Å². The molecular weight excluding hydrogens is 221 g/mol. The highest BCUT2D eigenvalue weighted by Gasteiger charge is 2.13. The summed E-state index contributed by atoms with van der Waals surface area (Å²) in [5.41, 5.74) is 12.7. The maximum atomic E-state index is 13.6. The van der Waals surface area contributed by atoms with Crippen LogP contribution >= 0.6 is 0 Å². The van der Waals surface area contributed by atoms with Gasteiger partial charge in [0.25, 0.3) is 0 Å². The lowest BCUT2D eigenvalue weighted by Gasteiger charge is -2.10. The van der Waals surface area contributed by atoms with Crippen LogP contribution in [-0.2, 0) is 0 Å². The van der Waals surface area contributed by atoms with Crippen molar-refractivity contribution in [1.82, 2.24) is 4.98 Å². The first kappa shape index (κ1) is 11.2. The van der Waals surface area contributed by atoms with Crippen molar-refractivity contribution in [3.63, 3.8) is 0 Å². The number of rotatable bonds is 2. The zero-order chi connectivity index (χ0) is 12.4. The first-order valence-electron chi connectivity index (χ1n) is 4.98. The fourth-order valence-electron chi connectivity index (χ4n) is 1.56. The van der Waals surface area contributed by atoms with Crippen LogP contribution in [0, 0.1) is 5.82 Å². The molecule has 0 saturated heterocycles. The van der Waals surface area contributed by atoms with Gasteiger partial charge in [0, 0.05) is 5.56 Å². The Kier molecular flexibility index (Phi) is 2.82. The average Bonchev–Trinajstić information content (AvgIpc) is 2.31. The lowest BCUT2D eigenvalue weighted by Crippen LogP contribution is -2.01. The van der Waals surface area contributed by atoms with Gasteiger partial charge in [0.05, 0.1) is 18.5 Å². The molecule has 0 unspecified atom stereocenters. The van der Waals surface area contributed by atoms with E-state index in [2.05, 4.69) is 4.98 Å². The zero-order valence-corrected chi connectivity index (χ0v) is 9.27. The Morgan fingerprint density at radius 3 is 2.53 bits per heavy atom. The number of benzene rings is 1. The molecule has 0 amide bonds. The standard InChI is InChI=1S/C12H12FN3O/c1-17-12-10(15)6-9(14)11(16-12)7-4-2-3-5-8(7)13/h2-6H,14-15H2,1H3. The van der Waals surface area contributed by atoms with Gasteiger partial charge in [0.1, 0.15) is 11.5 Å². The molecule has 0 atom stereocenters. The monoisotopic (exact) mass is 233 g/mol. The summed E-state index contributed by atoms with van der Waals surface area (Å²) in [7, 11) is 1.44. The summed E-state index contributed by atoms with van der Waals surface area (Å²) in [4.78, 5) is 4.11. The Labute approximate surface area is 98.0 Å². The number of nitrogens with two attached hydrogens (primary N) is 2. The summed E-state index contributed by atoms with van der Waals surface area (Å²) >= 11 is 0. The van der Waals surface area contributed by atoms with Crippen LogP contribution in [0.15, 0.2) is 30.3 Å². The maximum absolute atomic E-state index is 13.6. The van der Waals surface area contributed by atoms with Crippen molar-refractivity contribution < 1.29 is 9.13 Å². The normalized spacial score (nSPS) is 10.2. The number of nitrogens with zero attached hydrogens (tertiary/aromatic N) is 1. The molecule has 5 heteroatoms. The van der Waals surface area contributed by atoms with Crippen molar-refractivity contribution in [3.05, 3.63) is 36.1 Å². The molecule has 0 aliphatic rings. The predicted molar refractivity (Wildman–Crippen MR) is 65.0 cm³/mol. The summed E-state index contributed by atoms with van der Waals surface area (Å²) in [5.74, 6) is -0.157. The van der Waals surface area contributed by atoms with E-state index in [-0.39, 0.29) is 5.88 Å². The largest absolute Gasteiger partial charge is 0.480 e. The SMILES string of the molecule is COc1nc(-c2ccccc2F)c(N)cc1N. The Bertz CT molecular complexity index is 557. The Balaban J connectivity index is 2.64. The summed E-state index contributed by atoms with van der Waals surface area (Å²) < 4.78 is 18.6. The minimum absolute atomic E-state index is 0.234. The quantitative estimate of drug-likeness (QED) is 0.832. The van der Waals surface area contributed by atoms with Crippen LogP contribution in [0.1, 0.15) is 0 Å². The average molecular weight is 233 g/mol. The molecular formula is C12H12FN3O. The number of methoxy groups -OCH3 is 1. The highest BCUT2D eigenvalue weighted by molar-refractivity contribution is 5.77. The number of anilines is 2. The third kappa shape index (κ3) is 1.99. The van der Waals surface area contributed by atoms with Gasteiger partial charge in [-0.15, -0.1) is 0 Å². The molecule has 0 bridgehead atoms. The molecule has 17 heavy (non-hydrogen) atoms. The fraction of sp³-hybridized carbons (Fsp3) is 0.0833. The van der Waals surface area contributed by atoms with Gasteiger partial charge < -0.3 is 16.2 Å². The molecule has 1 aromatic heterocycles. The van der Waals surface area contributed by atoms with Crippen LogP contribution < -0.4 is 16.2 Å². The van der Waals surface area contributed by atoms with Gasteiger partial charge in [-0.05, 0) is 18.2 Å². The lowest BCUT2D eigenvalue weighted by molar-refractivity contribution is 0.401. The molecule has 1 aromatic carbocycles. The van der Waals surface area contributed by atoms with E-state index >= 15 is 0 Å². The molecule has 0 aliphatic heterocycles. The van der Waals surface area contributed by atoms with Crippen molar-refractivity contribution in [2.24, 2.45) is 0 Å². The molecule has 0 saturated carbocycles. The Morgan fingerprint density at radius 1 is 1.18 bits per heavy atom. The summed E-state index contributed by atoms with van der Waals surface area (Å²) in [5, 5.41) is 0. The topological polar surface area (TPSA) is 74.2 Å². The highest BCUT2D eigenvalue weighted by Crippen LogP contribution is 2.31. The maximum Gasteiger partial charge on any atom is 0.237 e. The molecule has 2 aromatic rings. The van der Waals surface area contributed by atoms with Crippen molar-refractivity contribution in [2.45, 2.75) is 0 Å². The van der Waals surface area contributed by atoms with E-state index in [9.17, 15) is 4.39 Å². The third-order valence-electron chi connectivity index (χ3n) is 2.37. The zero-order valence-electron chi connectivity index (χ0n) is 9.27. The molecule has 2 rings (SSSR count). The number of nitrogen functional groups attached to an aromatic ring is 2. The van der Waals surface area contributed by atoms with Crippen LogP contribution in [0.4, 0.5) is 15.8 Å². The molecule has 4 nitrogen and oxygen atoms in total. The molecule has 1 heterocycles. The van der Waals surface area contributed by atoms with E-state index < -0.39 is 5.82 Å². The van der Waals surface area contributed by atoms with E-state index in [0.29, 0.717) is 22.6 Å². The summed E-state index contributed by atoms with van der Waals surface area (Å²) in [6, 6.07) is 7.77. The lowest BCUT2D eigenvalue weighted by atomic mass is 10.1. The van der Waals surface area contributed by atoms with Gasteiger partial charge in [-0.25, -0.2) is 9.37 Å². The van der Waals surface area contributed by atoms with Crippen LogP contribution in [0.5, 0.6) is 5.88 Å². The third-order valence-corrected chi connectivity index (χ3v) is 2.37. The molecule has 0 radical (unpaired) electrons. The first-order chi connectivity index (χ1) is 8.13. The number of halogens is 1. The van der Waals surface area contributed by atoms with E-state index in [1.165, 1.54) is 19.2 Å².